The Morgan fingerprint density at radius 3 is 2.63 bits per heavy atom. The lowest BCUT2D eigenvalue weighted by molar-refractivity contribution is -0.124. The highest BCUT2D eigenvalue weighted by molar-refractivity contribution is 5.97. The Kier molecular flexibility index (Phi) is 5.17. The molecule has 6 nitrogen and oxygen atoms in total. The standard InChI is InChI=1S/C13H19N3O3/c1-4-15-12(17)8-19-13(18)10-7-9(14)5-6-11(10)16(2)3/h5-7H,4,8,14H2,1-3H3,(H,15,17). The van der Waals surface area contributed by atoms with E-state index in [0.29, 0.717) is 23.5 Å². The molecule has 19 heavy (non-hydrogen) atoms. The molecule has 0 aliphatic rings. The number of nitrogen functional groups attached to an aromatic ring is 1. The predicted molar refractivity (Wildman–Crippen MR) is 74.1 cm³/mol. The molecule has 0 fully saturated rings. The van der Waals surface area contributed by atoms with Gasteiger partial charge >= 0.3 is 5.97 Å². The highest BCUT2D eigenvalue weighted by atomic mass is 16.5. The van der Waals surface area contributed by atoms with Gasteiger partial charge in [0.1, 0.15) is 0 Å². The molecular formula is C13H19N3O3. The highest BCUT2D eigenvalue weighted by Crippen LogP contribution is 2.22. The van der Waals surface area contributed by atoms with Gasteiger partial charge in [0.2, 0.25) is 0 Å². The number of esters is 1. The summed E-state index contributed by atoms with van der Waals surface area (Å²) in [4.78, 5) is 25.0. The first kappa shape index (κ1) is 14.8. The normalized spacial score (nSPS) is 9.84. The van der Waals surface area contributed by atoms with E-state index in [-0.39, 0.29) is 12.5 Å². The molecule has 0 aromatic heterocycles. The van der Waals surface area contributed by atoms with Crippen LogP contribution in [0.15, 0.2) is 18.2 Å². The van der Waals surface area contributed by atoms with Crippen molar-refractivity contribution in [2.24, 2.45) is 0 Å². The van der Waals surface area contributed by atoms with Gasteiger partial charge in [0.25, 0.3) is 5.91 Å². The molecule has 0 aliphatic carbocycles. The number of hydrogen-bond acceptors (Lipinski definition) is 5. The summed E-state index contributed by atoms with van der Waals surface area (Å²) in [5.74, 6) is -0.895. The average molecular weight is 265 g/mol. The third-order valence-electron chi connectivity index (χ3n) is 2.43. The van der Waals surface area contributed by atoms with E-state index in [1.807, 2.05) is 14.1 Å². The summed E-state index contributed by atoms with van der Waals surface area (Å²) in [5.41, 5.74) is 7.16. The minimum Gasteiger partial charge on any atom is -0.452 e. The van der Waals surface area contributed by atoms with Gasteiger partial charge in [0, 0.05) is 26.3 Å². The van der Waals surface area contributed by atoms with Gasteiger partial charge in [-0.15, -0.1) is 0 Å². The SMILES string of the molecule is CCNC(=O)COC(=O)c1cc(N)ccc1N(C)C. The summed E-state index contributed by atoms with van der Waals surface area (Å²) in [7, 11) is 3.62. The molecule has 1 amide bonds. The second kappa shape index (κ2) is 6.63. The lowest BCUT2D eigenvalue weighted by Crippen LogP contribution is -2.28. The van der Waals surface area contributed by atoms with Crippen molar-refractivity contribution in [3.8, 4) is 0 Å². The van der Waals surface area contributed by atoms with Crippen molar-refractivity contribution in [1.29, 1.82) is 0 Å². The molecule has 0 unspecified atom stereocenters. The summed E-state index contributed by atoms with van der Waals surface area (Å²) in [6.45, 7) is 1.99. The molecule has 3 N–H and O–H groups in total. The van der Waals surface area contributed by atoms with Crippen LogP contribution in [0.25, 0.3) is 0 Å². The zero-order chi connectivity index (χ0) is 14.4. The topological polar surface area (TPSA) is 84.7 Å². The first-order chi connectivity index (χ1) is 8.95. The van der Waals surface area contributed by atoms with Gasteiger partial charge in [0.15, 0.2) is 6.61 Å². The number of nitrogens with zero attached hydrogens (tertiary/aromatic N) is 1. The summed E-state index contributed by atoms with van der Waals surface area (Å²) < 4.78 is 4.96. The zero-order valence-corrected chi connectivity index (χ0v) is 11.4. The maximum absolute atomic E-state index is 11.9. The van der Waals surface area contributed by atoms with Crippen molar-refractivity contribution in [1.82, 2.24) is 5.32 Å². The Morgan fingerprint density at radius 1 is 1.37 bits per heavy atom. The number of ether oxygens (including phenoxy) is 1. The van der Waals surface area contributed by atoms with Crippen LogP contribution < -0.4 is 16.0 Å². The van der Waals surface area contributed by atoms with Crippen LogP contribution >= 0.6 is 0 Å². The number of nitrogens with two attached hydrogens (primary N) is 1. The van der Waals surface area contributed by atoms with E-state index in [4.69, 9.17) is 10.5 Å². The molecular weight excluding hydrogens is 246 g/mol. The molecule has 6 heteroatoms. The number of amides is 1. The van der Waals surface area contributed by atoms with Crippen LogP contribution in [-0.2, 0) is 9.53 Å². The van der Waals surface area contributed by atoms with Crippen LogP contribution in [0.5, 0.6) is 0 Å². The average Bonchev–Trinajstić information content (AvgIpc) is 2.35. The number of nitrogens with one attached hydrogen (secondary N) is 1. The van der Waals surface area contributed by atoms with Crippen molar-refractivity contribution in [3.05, 3.63) is 23.8 Å². The molecule has 0 atom stereocenters. The molecule has 1 aromatic rings. The van der Waals surface area contributed by atoms with Crippen molar-refractivity contribution in [2.75, 3.05) is 37.9 Å². The maximum atomic E-state index is 11.9. The number of carbonyl (C=O) groups excluding carboxylic acids is 2. The highest BCUT2D eigenvalue weighted by Gasteiger charge is 2.16. The van der Waals surface area contributed by atoms with E-state index in [1.165, 1.54) is 6.07 Å². The van der Waals surface area contributed by atoms with E-state index in [0.717, 1.165) is 0 Å². The van der Waals surface area contributed by atoms with Crippen LogP contribution in [0, 0.1) is 0 Å². The van der Waals surface area contributed by atoms with E-state index in [9.17, 15) is 9.59 Å². The van der Waals surface area contributed by atoms with Gasteiger partial charge in [-0.3, -0.25) is 4.79 Å². The maximum Gasteiger partial charge on any atom is 0.340 e. The zero-order valence-electron chi connectivity index (χ0n) is 11.4. The predicted octanol–water partition coefficient (Wildman–Crippen LogP) is 0.628. The number of benzene rings is 1. The van der Waals surface area contributed by atoms with E-state index in [1.54, 1.807) is 24.0 Å². The molecule has 0 spiro atoms. The van der Waals surface area contributed by atoms with E-state index < -0.39 is 5.97 Å². The minimum atomic E-state index is -0.567. The molecule has 0 saturated carbocycles. The van der Waals surface area contributed by atoms with Gasteiger partial charge in [-0.05, 0) is 25.1 Å². The fraction of sp³-hybridized carbons (Fsp3) is 0.385. The van der Waals surface area contributed by atoms with Gasteiger partial charge in [-0.2, -0.15) is 0 Å². The summed E-state index contributed by atoms with van der Waals surface area (Å²) in [5, 5.41) is 2.55. The third kappa shape index (κ3) is 4.17. The summed E-state index contributed by atoms with van der Waals surface area (Å²) in [6, 6.07) is 4.98. The number of carbonyl (C=O) groups is 2. The molecule has 1 rings (SSSR count). The van der Waals surface area contributed by atoms with E-state index in [2.05, 4.69) is 5.32 Å². The van der Waals surface area contributed by atoms with Gasteiger partial charge in [-0.1, -0.05) is 0 Å². The van der Waals surface area contributed by atoms with Crippen molar-refractivity contribution in [2.45, 2.75) is 6.92 Å². The number of rotatable bonds is 5. The Balaban J connectivity index is 2.81. The lowest BCUT2D eigenvalue weighted by atomic mass is 10.1. The van der Waals surface area contributed by atoms with Crippen molar-refractivity contribution in [3.63, 3.8) is 0 Å². The number of hydrogen-bond donors (Lipinski definition) is 2. The summed E-state index contributed by atoms with van der Waals surface area (Å²) >= 11 is 0. The molecule has 0 bridgehead atoms. The number of anilines is 2. The lowest BCUT2D eigenvalue weighted by Gasteiger charge is -2.17. The van der Waals surface area contributed by atoms with Crippen LogP contribution in [-0.4, -0.2) is 39.1 Å². The van der Waals surface area contributed by atoms with Crippen LogP contribution in [0.1, 0.15) is 17.3 Å². The smallest absolute Gasteiger partial charge is 0.340 e. The molecule has 0 radical (unpaired) electrons. The van der Waals surface area contributed by atoms with Crippen molar-refractivity contribution >= 4 is 23.3 Å². The Hall–Kier alpha value is -2.24. The Labute approximate surface area is 112 Å². The van der Waals surface area contributed by atoms with Gasteiger partial charge in [-0.25, -0.2) is 4.79 Å². The van der Waals surface area contributed by atoms with Gasteiger partial charge < -0.3 is 20.7 Å². The molecule has 0 heterocycles. The van der Waals surface area contributed by atoms with Crippen molar-refractivity contribution < 1.29 is 14.3 Å². The fourth-order valence-corrected chi connectivity index (χ4v) is 1.56. The first-order valence-corrected chi connectivity index (χ1v) is 5.96. The summed E-state index contributed by atoms with van der Waals surface area (Å²) in [6.07, 6.45) is 0. The third-order valence-corrected chi connectivity index (χ3v) is 2.43. The fourth-order valence-electron chi connectivity index (χ4n) is 1.56. The second-order valence-electron chi connectivity index (χ2n) is 4.20. The largest absolute Gasteiger partial charge is 0.452 e. The monoisotopic (exact) mass is 265 g/mol. The Bertz CT molecular complexity index is 472. The molecule has 0 aliphatic heterocycles. The van der Waals surface area contributed by atoms with Crippen LogP contribution in [0.2, 0.25) is 0 Å². The molecule has 0 saturated heterocycles. The second-order valence-corrected chi connectivity index (χ2v) is 4.20. The quantitative estimate of drug-likeness (QED) is 0.602. The van der Waals surface area contributed by atoms with Gasteiger partial charge in [0.05, 0.1) is 11.3 Å². The first-order valence-electron chi connectivity index (χ1n) is 5.96. The molecule has 1 aromatic carbocycles. The molecule has 104 valence electrons. The van der Waals surface area contributed by atoms with Crippen LogP contribution in [0.3, 0.4) is 0 Å². The van der Waals surface area contributed by atoms with E-state index >= 15 is 0 Å². The Morgan fingerprint density at radius 2 is 2.05 bits per heavy atom. The number of likely N-dealkylation sites (N-methyl/N-ethyl adjacent to an activating group) is 1. The minimum absolute atomic E-state index is 0.297. The van der Waals surface area contributed by atoms with Crippen LogP contribution in [0.4, 0.5) is 11.4 Å².